The van der Waals surface area contributed by atoms with E-state index < -0.39 is 0 Å². The molecule has 2 heterocycles. The molecule has 6 heteroatoms. The first kappa shape index (κ1) is 24.6. The summed E-state index contributed by atoms with van der Waals surface area (Å²) in [6.45, 7) is 7.79. The fourth-order valence-electron chi connectivity index (χ4n) is 4.64. The van der Waals surface area contributed by atoms with Crippen LogP contribution in [0.3, 0.4) is 0 Å². The number of nitrogens with zero attached hydrogens (tertiary/aromatic N) is 3. The fourth-order valence-corrected chi connectivity index (χ4v) is 4.83. The molecule has 1 aliphatic heterocycles. The van der Waals surface area contributed by atoms with Crippen molar-refractivity contribution in [2.75, 3.05) is 26.2 Å². The predicted octanol–water partition coefficient (Wildman–Crippen LogP) is 5.34. The molecular weight excluding hydrogens is 446 g/mol. The number of imidazole rings is 1. The van der Waals surface area contributed by atoms with Crippen LogP contribution >= 0.6 is 11.6 Å². The summed E-state index contributed by atoms with van der Waals surface area (Å²) in [5, 5.41) is 9.99. The van der Waals surface area contributed by atoms with Crippen LogP contribution in [0.15, 0.2) is 54.7 Å². The number of hydrogen-bond acceptors (Lipinski definition) is 4. The average molecular weight is 480 g/mol. The topological polar surface area (TPSA) is 58.4 Å². The summed E-state index contributed by atoms with van der Waals surface area (Å²) >= 11 is 6.24. The second-order valence-corrected chi connectivity index (χ2v) is 10.2. The van der Waals surface area contributed by atoms with Crippen LogP contribution in [0.4, 0.5) is 0 Å². The fraction of sp³-hybridized carbons (Fsp3) is 0.429. The van der Waals surface area contributed by atoms with E-state index in [2.05, 4.69) is 43.0 Å². The monoisotopic (exact) mass is 479 g/mol. The lowest BCUT2D eigenvalue weighted by atomic mass is 10.1. The number of carbonyl (C=O) groups is 1. The van der Waals surface area contributed by atoms with Gasteiger partial charge in [-0.2, -0.15) is 0 Å². The Morgan fingerprint density at radius 3 is 2.65 bits per heavy atom. The second-order valence-electron chi connectivity index (χ2n) is 9.81. The number of Topliss-reactive ketones (excluding diaryl/α,β-unsaturated/α-hetero) is 1. The molecule has 1 fully saturated rings. The lowest BCUT2D eigenvalue weighted by Crippen LogP contribution is -2.24. The highest BCUT2D eigenvalue weighted by Gasteiger charge is 2.21. The smallest absolute Gasteiger partial charge is 0.152 e. The van der Waals surface area contributed by atoms with Crippen molar-refractivity contribution in [3.63, 3.8) is 0 Å². The molecule has 1 N–H and O–H groups in total. The number of rotatable bonds is 10. The minimum Gasteiger partial charge on any atom is -0.396 e. The molecule has 180 valence electrons. The van der Waals surface area contributed by atoms with Crippen molar-refractivity contribution in [2.45, 2.75) is 39.7 Å². The van der Waals surface area contributed by atoms with Crippen LogP contribution in [-0.2, 0) is 17.8 Å². The number of benzene rings is 2. The van der Waals surface area contributed by atoms with Gasteiger partial charge in [0.25, 0.3) is 0 Å². The van der Waals surface area contributed by atoms with Crippen LogP contribution in [0.1, 0.15) is 32.3 Å². The van der Waals surface area contributed by atoms with E-state index in [1.54, 1.807) is 0 Å². The van der Waals surface area contributed by atoms with Crippen LogP contribution in [0.2, 0.25) is 5.02 Å². The molecule has 2 aromatic carbocycles. The van der Waals surface area contributed by atoms with Gasteiger partial charge in [-0.15, -0.1) is 0 Å². The van der Waals surface area contributed by atoms with Gasteiger partial charge in [0.2, 0.25) is 0 Å². The first-order valence-electron chi connectivity index (χ1n) is 12.2. The number of carbonyl (C=O) groups excluding carboxylic acids is 1. The zero-order valence-corrected chi connectivity index (χ0v) is 20.8. The number of aliphatic hydroxyl groups is 1. The normalized spacial score (nSPS) is 16.4. The third kappa shape index (κ3) is 6.35. The highest BCUT2D eigenvalue weighted by Crippen LogP contribution is 2.27. The third-order valence-corrected chi connectivity index (χ3v) is 6.67. The minimum atomic E-state index is 0.197. The first-order valence-corrected chi connectivity index (χ1v) is 12.6. The Labute approximate surface area is 207 Å². The zero-order valence-electron chi connectivity index (χ0n) is 20.1. The summed E-state index contributed by atoms with van der Waals surface area (Å²) in [5.74, 6) is 1.71. The van der Waals surface area contributed by atoms with Crippen molar-refractivity contribution in [2.24, 2.45) is 11.8 Å². The van der Waals surface area contributed by atoms with Gasteiger partial charge in [0, 0.05) is 48.5 Å². The molecule has 1 aromatic heterocycles. The largest absolute Gasteiger partial charge is 0.396 e. The van der Waals surface area contributed by atoms with E-state index >= 15 is 0 Å². The van der Waals surface area contributed by atoms with Crippen LogP contribution < -0.4 is 0 Å². The minimum absolute atomic E-state index is 0.197. The van der Waals surface area contributed by atoms with Crippen LogP contribution in [0.25, 0.3) is 22.6 Å². The molecule has 1 atom stereocenters. The Bertz CT molecular complexity index is 1110. The van der Waals surface area contributed by atoms with Gasteiger partial charge in [-0.05, 0) is 48.9 Å². The van der Waals surface area contributed by atoms with Crippen LogP contribution in [0, 0.1) is 11.8 Å². The number of likely N-dealkylation sites (tertiary alicyclic amines) is 1. The molecule has 0 aliphatic carbocycles. The number of aliphatic hydroxyl groups excluding tert-OH is 1. The van der Waals surface area contributed by atoms with Crippen LogP contribution in [-0.4, -0.2) is 51.6 Å². The van der Waals surface area contributed by atoms with E-state index in [1.807, 2.05) is 35.0 Å². The zero-order chi connectivity index (χ0) is 24.1. The van der Waals surface area contributed by atoms with Gasteiger partial charge in [0.1, 0.15) is 5.82 Å². The molecule has 1 unspecified atom stereocenters. The molecule has 1 saturated heterocycles. The molecule has 1 aliphatic rings. The van der Waals surface area contributed by atoms with Gasteiger partial charge in [0.05, 0.1) is 12.2 Å². The van der Waals surface area contributed by atoms with Crippen molar-refractivity contribution < 1.29 is 9.90 Å². The van der Waals surface area contributed by atoms with Crippen molar-refractivity contribution in [1.82, 2.24) is 14.5 Å². The SMILES string of the molecule is CC(C)CC(=O)Cn1cc(-c2ccc(CCN3CCC(CO)C3)cc2)nc1-c1cccc(Cl)c1. The maximum atomic E-state index is 12.6. The van der Waals surface area contributed by atoms with Gasteiger partial charge >= 0.3 is 0 Å². The highest BCUT2D eigenvalue weighted by molar-refractivity contribution is 6.30. The standard InChI is InChI=1S/C28H34ClN3O2/c1-20(2)14-26(34)17-32-18-27(30-28(32)24-4-3-5-25(29)15-24)23-8-6-21(7-9-23)10-12-31-13-11-22(16-31)19-33/h3-9,15,18,20,22,33H,10-14,16-17,19H2,1-2H3. The Balaban J connectivity index is 1.51. The van der Waals surface area contributed by atoms with Gasteiger partial charge in [-0.25, -0.2) is 4.98 Å². The number of aromatic nitrogens is 2. The molecule has 0 bridgehead atoms. The predicted molar refractivity (Wildman–Crippen MR) is 138 cm³/mol. The Hall–Kier alpha value is -2.47. The molecule has 0 spiro atoms. The second kappa shape index (κ2) is 11.3. The summed E-state index contributed by atoms with van der Waals surface area (Å²) < 4.78 is 1.95. The lowest BCUT2D eigenvalue weighted by Gasteiger charge is -2.15. The first-order chi connectivity index (χ1) is 16.4. The summed E-state index contributed by atoms with van der Waals surface area (Å²) in [6, 6.07) is 16.2. The van der Waals surface area contributed by atoms with Gasteiger partial charge < -0.3 is 14.6 Å². The van der Waals surface area contributed by atoms with Crippen molar-refractivity contribution >= 4 is 17.4 Å². The van der Waals surface area contributed by atoms with Crippen molar-refractivity contribution in [3.05, 3.63) is 65.3 Å². The van der Waals surface area contributed by atoms with Gasteiger partial charge in [-0.1, -0.05) is 61.8 Å². The number of halogens is 1. The van der Waals surface area contributed by atoms with Gasteiger partial charge in [-0.3, -0.25) is 4.79 Å². The molecule has 3 aromatic rings. The Morgan fingerprint density at radius 1 is 1.18 bits per heavy atom. The Kier molecular flexibility index (Phi) is 8.19. The number of ketones is 1. The van der Waals surface area contributed by atoms with Crippen molar-refractivity contribution in [3.8, 4) is 22.6 Å². The van der Waals surface area contributed by atoms with E-state index in [0.717, 1.165) is 55.1 Å². The van der Waals surface area contributed by atoms with E-state index in [-0.39, 0.29) is 12.4 Å². The van der Waals surface area contributed by atoms with E-state index in [0.29, 0.717) is 29.8 Å². The molecular formula is C28H34ClN3O2. The highest BCUT2D eigenvalue weighted by atomic mass is 35.5. The van der Waals surface area contributed by atoms with E-state index in [4.69, 9.17) is 16.6 Å². The van der Waals surface area contributed by atoms with Gasteiger partial charge in [0.15, 0.2) is 5.78 Å². The maximum Gasteiger partial charge on any atom is 0.152 e. The number of hydrogen-bond donors (Lipinski definition) is 1. The quantitative estimate of drug-likeness (QED) is 0.426. The third-order valence-electron chi connectivity index (χ3n) is 6.44. The Morgan fingerprint density at radius 2 is 1.97 bits per heavy atom. The average Bonchev–Trinajstić information content (AvgIpc) is 3.44. The van der Waals surface area contributed by atoms with Crippen LogP contribution in [0.5, 0.6) is 0 Å². The van der Waals surface area contributed by atoms with E-state index in [1.165, 1.54) is 5.56 Å². The summed E-state index contributed by atoms with van der Waals surface area (Å²) in [6.07, 6.45) is 4.60. The molecule has 0 saturated carbocycles. The molecule has 0 radical (unpaired) electrons. The molecule has 0 amide bonds. The molecule has 5 nitrogen and oxygen atoms in total. The lowest BCUT2D eigenvalue weighted by molar-refractivity contribution is -0.120. The summed E-state index contributed by atoms with van der Waals surface area (Å²) in [7, 11) is 0. The summed E-state index contributed by atoms with van der Waals surface area (Å²) in [5.41, 5.74) is 4.07. The molecule has 4 rings (SSSR count). The summed E-state index contributed by atoms with van der Waals surface area (Å²) in [4.78, 5) is 19.9. The van der Waals surface area contributed by atoms with E-state index in [9.17, 15) is 9.90 Å². The van der Waals surface area contributed by atoms with Crippen molar-refractivity contribution in [1.29, 1.82) is 0 Å². The molecule has 34 heavy (non-hydrogen) atoms. The maximum absolute atomic E-state index is 12.6.